The Morgan fingerprint density at radius 3 is 2.12 bits per heavy atom. The number of benzene rings is 1. The Kier molecular flexibility index (Phi) is 6.31. The first-order valence-electron chi connectivity index (χ1n) is 9.72. The Hall–Kier alpha value is -1.08. The summed E-state index contributed by atoms with van der Waals surface area (Å²) in [5.41, 5.74) is 3.06. The molecule has 134 valence electrons. The zero-order valence-corrected chi connectivity index (χ0v) is 16.5. The van der Waals surface area contributed by atoms with Crippen LogP contribution in [-0.2, 0) is 5.41 Å². The van der Waals surface area contributed by atoms with Crippen molar-refractivity contribution in [2.75, 3.05) is 7.05 Å². The number of hydrogen-bond acceptors (Lipinski definition) is 1. The van der Waals surface area contributed by atoms with Crippen LogP contribution in [0.3, 0.4) is 0 Å². The highest BCUT2D eigenvalue weighted by molar-refractivity contribution is 5.33. The molecule has 0 spiro atoms. The summed E-state index contributed by atoms with van der Waals surface area (Å²) in [4.78, 5) is 0. The average molecular weight is 328 g/mol. The molecule has 0 unspecified atom stereocenters. The largest absolute Gasteiger partial charge is 0.314 e. The van der Waals surface area contributed by atoms with Crippen molar-refractivity contribution in [3.63, 3.8) is 0 Å². The van der Waals surface area contributed by atoms with Crippen LogP contribution in [-0.4, -0.2) is 12.6 Å². The Balaban J connectivity index is 2.21. The molecular weight excluding hydrogens is 290 g/mol. The van der Waals surface area contributed by atoms with Gasteiger partial charge in [-0.25, -0.2) is 0 Å². The highest BCUT2D eigenvalue weighted by Gasteiger charge is 2.34. The van der Waals surface area contributed by atoms with Gasteiger partial charge in [-0.1, -0.05) is 83.2 Å². The number of rotatable bonds is 6. The second-order valence-corrected chi connectivity index (χ2v) is 8.96. The van der Waals surface area contributed by atoms with Crippen LogP contribution in [0.15, 0.2) is 36.9 Å². The molecule has 0 aliphatic heterocycles. The second-order valence-electron chi connectivity index (χ2n) is 8.96. The smallest absolute Gasteiger partial charge is 0.0256 e. The third-order valence-corrected chi connectivity index (χ3v) is 6.07. The first-order valence-corrected chi connectivity index (χ1v) is 9.72. The van der Waals surface area contributed by atoms with Crippen LogP contribution < -0.4 is 5.32 Å². The summed E-state index contributed by atoms with van der Waals surface area (Å²) in [5.74, 6) is 1.20. The molecule has 24 heavy (non-hydrogen) atoms. The van der Waals surface area contributed by atoms with Crippen molar-refractivity contribution in [3.05, 3.63) is 48.0 Å². The minimum absolute atomic E-state index is 0.0764. The molecular formula is C23H37N. The molecule has 0 heterocycles. The molecule has 1 aromatic rings. The van der Waals surface area contributed by atoms with Crippen molar-refractivity contribution in [1.29, 1.82) is 0 Å². The van der Waals surface area contributed by atoms with Crippen molar-refractivity contribution >= 4 is 0 Å². The van der Waals surface area contributed by atoms with Crippen LogP contribution in [0.4, 0.5) is 0 Å². The van der Waals surface area contributed by atoms with Crippen molar-refractivity contribution in [2.45, 2.75) is 83.1 Å². The predicted octanol–water partition coefficient (Wildman–Crippen LogP) is 6.20. The summed E-state index contributed by atoms with van der Waals surface area (Å²) in [7, 11) is 2.11. The predicted molar refractivity (Wildman–Crippen MR) is 107 cm³/mol. The molecule has 1 nitrogen and oxygen atoms in total. The molecule has 0 radical (unpaired) electrons. The van der Waals surface area contributed by atoms with Crippen LogP contribution in [0.25, 0.3) is 0 Å². The third kappa shape index (κ3) is 4.51. The minimum atomic E-state index is 0.0764. The molecule has 1 aliphatic rings. The van der Waals surface area contributed by atoms with E-state index in [0.717, 1.165) is 5.92 Å². The lowest BCUT2D eigenvalue weighted by Gasteiger charge is -2.40. The molecule has 0 aromatic heterocycles. The van der Waals surface area contributed by atoms with E-state index in [1.807, 2.05) is 0 Å². The van der Waals surface area contributed by atoms with Gasteiger partial charge in [0.05, 0.1) is 0 Å². The first kappa shape index (κ1) is 19.2. The molecule has 1 saturated carbocycles. The maximum Gasteiger partial charge on any atom is 0.0256 e. The fourth-order valence-corrected chi connectivity index (χ4v) is 4.33. The van der Waals surface area contributed by atoms with Gasteiger partial charge in [-0.15, -0.1) is 6.58 Å². The van der Waals surface area contributed by atoms with E-state index >= 15 is 0 Å². The molecule has 0 amide bonds. The van der Waals surface area contributed by atoms with E-state index in [1.165, 1.54) is 49.7 Å². The summed E-state index contributed by atoms with van der Waals surface area (Å²) in [6, 6.07) is 9.21. The molecule has 1 heteroatoms. The highest BCUT2D eigenvalue weighted by Crippen LogP contribution is 2.39. The Bertz CT molecular complexity index is 516. The third-order valence-electron chi connectivity index (χ3n) is 6.07. The molecule has 1 aromatic carbocycles. The van der Waals surface area contributed by atoms with Crippen LogP contribution in [0.2, 0.25) is 0 Å². The minimum Gasteiger partial charge on any atom is -0.314 e. The molecule has 1 N–H and O–H groups in total. The summed E-state index contributed by atoms with van der Waals surface area (Å²) in [5, 5.41) is 3.65. The summed E-state index contributed by atoms with van der Waals surface area (Å²) >= 11 is 0. The average Bonchev–Trinajstić information content (AvgIpc) is 2.56. The maximum atomic E-state index is 4.18. The van der Waals surface area contributed by atoms with Gasteiger partial charge in [0, 0.05) is 11.5 Å². The maximum absolute atomic E-state index is 4.18. The molecule has 0 saturated heterocycles. The van der Waals surface area contributed by atoms with Crippen LogP contribution >= 0.6 is 0 Å². The monoisotopic (exact) mass is 327 g/mol. The van der Waals surface area contributed by atoms with Gasteiger partial charge in [0.25, 0.3) is 0 Å². The fourth-order valence-electron chi connectivity index (χ4n) is 4.33. The number of nitrogens with one attached hydrogen (secondary N) is 1. The van der Waals surface area contributed by atoms with E-state index in [1.54, 1.807) is 0 Å². The Morgan fingerprint density at radius 2 is 1.67 bits per heavy atom. The second kappa shape index (κ2) is 7.87. The SMILES string of the molecule is C=C[C@H](c1ccc(C(C)(C)C)cc1)[C@@](C)(CC1CCCCC1)NC. The zero-order valence-electron chi connectivity index (χ0n) is 16.5. The standard InChI is InChI=1S/C23H37N/c1-7-21(19-13-15-20(16-14-19)22(2,3)4)23(5,24-6)17-18-11-9-8-10-12-18/h7,13-16,18,21,24H,1,8-12,17H2,2-6H3/t21-,23-/m1/s1. The van der Waals surface area contributed by atoms with E-state index < -0.39 is 0 Å². The molecule has 1 aliphatic carbocycles. The van der Waals surface area contributed by atoms with Gasteiger partial charge in [-0.05, 0) is 42.9 Å². The van der Waals surface area contributed by atoms with Gasteiger partial charge in [0.2, 0.25) is 0 Å². The van der Waals surface area contributed by atoms with Crippen molar-refractivity contribution in [1.82, 2.24) is 5.32 Å². The van der Waals surface area contributed by atoms with E-state index in [0.29, 0.717) is 5.92 Å². The van der Waals surface area contributed by atoms with Gasteiger partial charge in [0.1, 0.15) is 0 Å². The zero-order chi connectivity index (χ0) is 17.8. The quantitative estimate of drug-likeness (QED) is 0.613. The van der Waals surface area contributed by atoms with Crippen molar-refractivity contribution in [3.8, 4) is 0 Å². The fraction of sp³-hybridized carbons (Fsp3) is 0.652. The molecule has 0 bridgehead atoms. The lowest BCUT2D eigenvalue weighted by atomic mass is 9.72. The summed E-state index contributed by atoms with van der Waals surface area (Å²) in [6.45, 7) is 13.4. The normalized spacial score (nSPS) is 20.4. The molecule has 2 atom stereocenters. The summed E-state index contributed by atoms with van der Waals surface area (Å²) < 4.78 is 0. The van der Waals surface area contributed by atoms with Gasteiger partial charge < -0.3 is 5.32 Å². The van der Waals surface area contributed by atoms with E-state index in [9.17, 15) is 0 Å². The van der Waals surface area contributed by atoms with Gasteiger partial charge in [-0.3, -0.25) is 0 Å². The Morgan fingerprint density at radius 1 is 1.08 bits per heavy atom. The van der Waals surface area contributed by atoms with Gasteiger partial charge >= 0.3 is 0 Å². The number of likely N-dealkylation sites (N-methyl/N-ethyl adjacent to an activating group) is 1. The van der Waals surface area contributed by atoms with Gasteiger partial charge in [-0.2, -0.15) is 0 Å². The topological polar surface area (TPSA) is 12.0 Å². The lowest BCUT2D eigenvalue weighted by molar-refractivity contribution is 0.226. The molecule has 1 fully saturated rings. The first-order chi connectivity index (χ1) is 11.3. The van der Waals surface area contributed by atoms with Crippen LogP contribution in [0.1, 0.15) is 83.3 Å². The molecule has 2 rings (SSSR count). The Labute approximate surface area is 149 Å². The summed E-state index contributed by atoms with van der Waals surface area (Å²) in [6.07, 6.45) is 10.4. The van der Waals surface area contributed by atoms with Gasteiger partial charge in [0.15, 0.2) is 0 Å². The van der Waals surface area contributed by atoms with Crippen molar-refractivity contribution < 1.29 is 0 Å². The number of hydrogen-bond donors (Lipinski definition) is 1. The van der Waals surface area contributed by atoms with E-state index in [4.69, 9.17) is 0 Å². The van der Waals surface area contributed by atoms with Crippen molar-refractivity contribution in [2.24, 2.45) is 5.92 Å². The lowest BCUT2D eigenvalue weighted by Crippen LogP contribution is -2.46. The van der Waals surface area contributed by atoms with E-state index in [-0.39, 0.29) is 11.0 Å². The van der Waals surface area contributed by atoms with Crippen LogP contribution in [0, 0.1) is 5.92 Å². The van der Waals surface area contributed by atoms with Crippen LogP contribution in [0.5, 0.6) is 0 Å². The highest BCUT2D eigenvalue weighted by atomic mass is 14.9. The van der Waals surface area contributed by atoms with E-state index in [2.05, 4.69) is 77.0 Å².